The number of hydrogen-bond donors (Lipinski definition) is 3. The van der Waals surface area contributed by atoms with Crippen LogP contribution in [0.25, 0.3) is 0 Å². The number of benzene rings is 3. The maximum atomic E-state index is 12.6. The molecule has 0 bridgehead atoms. The Morgan fingerprint density at radius 2 is 1.32 bits per heavy atom. The summed E-state index contributed by atoms with van der Waals surface area (Å²) in [6.07, 6.45) is 0. The van der Waals surface area contributed by atoms with Gasteiger partial charge in [0.25, 0.3) is 21.8 Å². The number of nitrogens with one attached hydrogen (secondary N) is 3. The van der Waals surface area contributed by atoms with Crippen molar-refractivity contribution in [3.05, 3.63) is 95.0 Å². The number of anilines is 1. The van der Waals surface area contributed by atoms with E-state index in [1.165, 1.54) is 36.4 Å². The van der Waals surface area contributed by atoms with Crippen LogP contribution in [-0.2, 0) is 10.0 Å². The van der Waals surface area contributed by atoms with Crippen molar-refractivity contribution < 1.29 is 18.0 Å². The minimum absolute atomic E-state index is 0.0238. The van der Waals surface area contributed by atoms with Gasteiger partial charge in [-0.15, -0.1) is 0 Å². The third-order valence-corrected chi connectivity index (χ3v) is 5.91. The summed E-state index contributed by atoms with van der Waals surface area (Å²) in [7, 11) is -3.90. The van der Waals surface area contributed by atoms with Crippen LogP contribution in [0.1, 0.15) is 20.7 Å². The Kier molecular flexibility index (Phi) is 7.28. The van der Waals surface area contributed by atoms with Gasteiger partial charge in [0.15, 0.2) is 0 Å². The average molecular weight is 458 g/mol. The van der Waals surface area contributed by atoms with E-state index in [2.05, 4.69) is 15.4 Å². The fraction of sp³-hybridized carbons (Fsp3) is 0.0909. The Morgan fingerprint density at radius 3 is 2.00 bits per heavy atom. The smallest absolute Gasteiger partial charge is 0.261 e. The van der Waals surface area contributed by atoms with Crippen LogP contribution in [0.2, 0.25) is 5.02 Å². The lowest BCUT2D eigenvalue weighted by molar-refractivity contribution is 0.0928. The third kappa shape index (κ3) is 6.07. The van der Waals surface area contributed by atoms with Crippen molar-refractivity contribution >= 4 is 39.1 Å². The largest absolute Gasteiger partial charge is 0.350 e. The highest BCUT2D eigenvalue weighted by atomic mass is 35.5. The maximum Gasteiger partial charge on any atom is 0.261 e. The van der Waals surface area contributed by atoms with Crippen molar-refractivity contribution in [2.45, 2.75) is 4.90 Å². The lowest BCUT2D eigenvalue weighted by Gasteiger charge is -2.13. The van der Waals surface area contributed by atoms with Crippen LogP contribution < -0.4 is 15.4 Å². The summed E-state index contributed by atoms with van der Waals surface area (Å²) in [5.74, 6) is -0.714. The fourth-order valence-corrected chi connectivity index (χ4v) is 3.93. The molecule has 0 aromatic heterocycles. The van der Waals surface area contributed by atoms with E-state index >= 15 is 0 Å². The molecular weight excluding hydrogens is 438 g/mol. The molecule has 0 saturated carbocycles. The molecule has 3 aromatic rings. The number of rotatable bonds is 8. The standard InChI is InChI=1S/C22H20ClN3O4S/c23-17-10-12-18(13-11-17)31(29,30)26-20-9-5-4-8-19(20)22(28)25-15-14-24-21(27)16-6-2-1-3-7-16/h1-13,26H,14-15H2,(H,24,27)(H,25,28). The van der Waals surface area contributed by atoms with Gasteiger partial charge in [-0.25, -0.2) is 8.42 Å². The van der Waals surface area contributed by atoms with E-state index in [0.717, 1.165) is 0 Å². The van der Waals surface area contributed by atoms with Gasteiger partial charge in [0.05, 0.1) is 16.1 Å². The Balaban J connectivity index is 1.61. The first-order valence-electron chi connectivity index (χ1n) is 9.36. The summed E-state index contributed by atoms with van der Waals surface area (Å²) in [6.45, 7) is 0.397. The average Bonchev–Trinajstić information content (AvgIpc) is 2.77. The second kappa shape index (κ2) is 10.1. The van der Waals surface area contributed by atoms with E-state index in [-0.39, 0.29) is 35.1 Å². The van der Waals surface area contributed by atoms with Gasteiger partial charge in [-0.2, -0.15) is 0 Å². The lowest BCUT2D eigenvalue weighted by atomic mass is 10.1. The lowest BCUT2D eigenvalue weighted by Crippen LogP contribution is -2.35. The van der Waals surface area contributed by atoms with E-state index in [4.69, 9.17) is 11.6 Å². The quantitative estimate of drug-likeness (QED) is 0.451. The molecule has 2 amide bonds. The summed E-state index contributed by atoms with van der Waals surface area (Å²) in [4.78, 5) is 24.6. The number of carbonyl (C=O) groups is 2. The molecule has 7 nitrogen and oxygen atoms in total. The van der Waals surface area contributed by atoms with Crippen molar-refractivity contribution in [3.8, 4) is 0 Å². The van der Waals surface area contributed by atoms with Crippen molar-refractivity contribution in [1.82, 2.24) is 10.6 Å². The predicted molar refractivity (Wildman–Crippen MR) is 120 cm³/mol. The van der Waals surface area contributed by atoms with Crippen LogP contribution in [0.15, 0.2) is 83.8 Å². The molecule has 9 heteroatoms. The van der Waals surface area contributed by atoms with E-state index in [9.17, 15) is 18.0 Å². The summed E-state index contributed by atoms with van der Waals surface area (Å²) in [5, 5.41) is 5.80. The molecule has 3 N–H and O–H groups in total. The zero-order valence-corrected chi connectivity index (χ0v) is 17.9. The third-order valence-electron chi connectivity index (χ3n) is 4.27. The van der Waals surface area contributed by atoms with Crippen molar-refractivity contribution in [3.63, 3.8) is 0 Å². The number of halogens is 1. The normalized spacial score (nSPS) is 10.9. The van der Waals surface area contributed by atoms with Gasteiger partial charge in [-0.3, -0.25) is 14.3 Å². The molecular formula is C22H20ClN3O4S. The van der Waals surface area contributed by atoms with E-state index in [1.807, 2.05) is 6.07 Å². The van der Waals surface area contributed by atoms with Crippen LogP contribution in [0.3, 0.4) is 0 Å². The van der Waals surface area contributed by atoms with Gasteiger partial charge in [0.1, 0.15) is 0 Å². The van der Waals surface area contributed by atoms with Gasteiger partial charge in [0.2, 0.25) is 0 Å². The molecule has 0 heterocycles. The highest BCUT2D eigenvalue weighted by Crippen LogP contribution is 2.21. The summed E-state index contributed by atoms with van der Waals surface area (Å²) >= 11 is 5.81. The van der Waals surface area contributed by atoms with Gasteiger partial charge < -0.3 is 10.6 Å². The maximum absolute atomic E-state index is 12.6. The number of hydrogen-bond acceptors (Lipinski definition) is 4. The van der Waals surface area contributed by atoms with E-state index in [1.54, 1.807) is 36.4 Å². The molecule has 0 radical (unpaired) electrons. The Morgan fingerprint density at radius 1 is 0.742 bits per heavy atom. The Bertz CT molecular complexity index is 1170. The molecule has 0 saturated heterocycles. The molecule has 0 aliphatic rings. The first-order chi connectivity index (χ1) is 14.9. The topological polar surface area (TPSA) is 104 Å². The minimum Gasteiger partial charge on any atom is -0.350 e. The van der Waals surface area contributed by atoms with Crippen LogP contribution in [0.4, 0.5) is 5.69 Å². The highest BCUT2D eigenvalue weighted by molar-refractivity contribution is 7.92. The summed E-state index contributed by atoms with van der Waals surface area (Å²) in [6, 6.07) is 20.7. The van der Waals surface area contributed by atoms with E-state index in [0.29, 0.717) is 10.6 Å². The molecule has 0 spiro atoms. The number of carbonyl (C=O) groups excluding carboxylic acids is 2. The molecule has 0 fully saturated rings. The second-order valence-electron chi connectivity index (χ2n) is 6.48. The molecule has 0 aliphatic carbocycles. The molecule has 0 unspecified atom stereocenters. The number of sulfonamides is 1. The summed E-state index contributed by atoms with van der Waals surface area (Å²) in [5.41, 5.74) is 0.827. The Labute approximate surface area is 185 Å². The molecule has 31 heavy (non-hydrogen) atoms. The summed E-state index contributed by atoms with van der Waals surface area (Å²) < 4.78 is 27.7. The first kappa shape index (κ1) is 22.3. The molecule has 0 atom stereocenters. The van der Waals surface area contributed by atoms with Crippen LogP contribution in [-0.4, -0.2) is 33.3 Å². The zero-order chi connectivity index (χ0) is 22.3. The van der Waals surface area contributed by atoms with Crippen molar-refractivity contribution in [2.24, 2.45) is 0 Å². The fourth-order valence-electron chi connectivity index (χ4n) is 2.73. The number of para-hydroxylation sites is 1. The van der Waals surface area contributed by atoms with Crippen LogP contribution >= 0.6 is 11.6 Å². The molecule has 3 rings (SSSR count). The first-order valence-corrected chi connectivity index (χ1v) is 11.2. The highest BCUT2D eigenvalue weighted by Gasteiger charge is 2.18. The molecule has 160 valence electrons. The Hall–Kier alpha value is -3.36. The zero-order valence-electron chi connectivity index (χ0n) is 16.3. The minimum atomic E-state index is -3.90. The van der Waals surface area contributed by atoms with Crippen LogP contribution in [0, 0.1) is 0 Å². The monoisotopic (exact) mass is 457 g/mol. The van der Waals surface area contributed by atoms with Crippen LogP contribution in [0.5, 0.6) is 0 Å². The van der Waals surface area contributed by atoms with E-state index < -0.39 is 15.9 Å². The molecule has 0 aliphatic heterocycles. The molecule has 3 aromatic carbocycles. The predicted octanol–water partition coefficient (Wildman–Crippen LogP) is 3.30. The van der Waals surface area contributed by atoms with Crippen molar-refractivity contribution in [1.29, 1.82) is 0 Å². The van der Waals surface area contributed by atoms with Gasteiger partial charge in [-0.1, -0.05) is 41.9 Å². The SMILES string of the molecule is O=C(NCCNC(=O)c1ccccc1NS(=O)(=O)c1ccc(Cl)cc1)c1ccccc1. The van der Waals surface area contributed by atoms with Gasteiger partial charge in [-0.05, 0) is 48.5 Å². The second-order valence-corrected chi connectivity index (χ2v) is 8.60. The van der Waals surface area contributed by atoms with Crippen molar-refractivity contribution in [2.75, 3.05) is 17.8 Å². The van der Waals surface area contributed by atoms with Gasteiger partial charge in [0, 0.05) is 23.7 Å². The number of amides is 2. The van der Waals surface area contributed by atoms with Gasteiger partial charge >= 0.3 is 0 Å².